The second-order valence-electron chi connectivity index (χ2n) is 7.18. The maximum absolute atomic E-state index is 12.4. The number of aryl methyl sites for hydroxylation is 1. The topological polar surface area (TPSA) is 72.8 Å². The molecule has 0 saturated carbocycles. The van der Waals surface area contributed by atoms with E-state index in [-0.39, 0.29) is 11.3 Å². The Morgan fingerprint density at radius 3 is 2.58 bits per heavy atom. The summed E-state index contributed by atoms with van der Waals surface area (Å²) in [7, 11) is 0. The minimum Gasteiger partial charge on any atom is -0.486 e. The maximum Gasteiger partial charge on any atom is 0.271 e. The number of aromatic nitrogens is 1. The molecule has 0 bridgehead atoms. The predicted octanol–water partition coefficient (Wildman–Crippen LogP) is 3.67. The van der Waals surface area contributed by atoms with Gasteiger partial charge in [0, 0.05) is 11.0 Å². The third-order valence-electron chi connectivity index (χ3n) is 3.90. The van der Waals surface area contributed by atoms with Crippen molar-refractivity contribution in [3.63, 3.8) is 0 Å². The van der Waals surface area contributed by atoms with Crippen LogP contribution < -0.4 is 14.9 Å². The van der Waals surface area contributed by atoms with Gasteiger partial charge in [0.2, 0.25) is 0 Å². The van der Waals surface area contributed by atoms with Gasteiger partial charge in [0.05, 0.1) is 21.3 Å². The monoisotopic (exact) mass is 373 g/mol. The molecule has 1 aromatic heterocycles. The number of ether oxygens (including phenoxy) is 2. The number of carbonyl (C=O) groups is 1. The van der Waals surface area contributed by atoms with Crippen LogP contribution in [0.5, 0.6) is 11.5 Å². The van der Waals surface area contributed by atoms with Crippen molar-refractivity contribution in [3.05, 3.63) is 39.3 Å². The molecule has 0 unspecified atom stereocenters. The minimum absolute atomic E-state index is 0.0115. The molecule has 0 fully saturated rings. The molecule has 1 aromatic carbocycles. The average Bonchev–Trinajstić information content (AvgIpc) is 3.01. The highest BCUT2D eigenvalue weighted by atomic mass is 32.1. The van der Waals surface area contributed by atoms with Gasteiger partial charge in [-0.1, -0.05) is 20.8 Å². The van der Waals surface area contributed by atoms with E-state index < -0.39 is 0 Å². The third-order valence-corrected chi connectivity index (χ3v) is 5.59. The average molecular weight is 373 g/mol. The summed E-state index contributed by atoms with van der Waals surface area (Å²) in [4.78, 5) is 18.0. The van der Waals surface area contributed by atoms with Crippen molar-refractivity contribution >= 4 is 23.0 Å². The Bertz CT molecular complexity index is 865. The van der Waals surface area contributed by atoms with Gasteiger partial charge in [-0.3, -0.25) is 4.79 Å². The van der Waals surface area contributed by atoms with E-state index in [9.17, 15) is 4.79 Å². The third kappa shape index (κ3) is 3.88. The number of amides is 1. The van der Waals surface area contributed by atoms with E-state index >= 15 is 0 Å². The second-order valence-corrected chi connectivity index (χ2v) is 8.18. The van der Waals surface area contributed by atoms with Gasteiger partial charge in [-0.15, -0.1) is 11.3 Å². The van der Waals surface area contributed by atoms with Gasteiger partial charge in [0.25, 0.3) is 5.91 Å². The van der Waals surface area contributed by atoms with Crippen molar-refractivity contribution in [2.24, 2.45) is 5.10 Å². The summed E-state index contributed by atoms with van der Waals surface area (Å²) in [5.41, 5.74) is 4.74. The number of hydrazone groups is 1. The van der Waals surface area contributed by atoms with Gasteiger partial charge in [-0.05, 0) is 32.0 Å². The molecule has 1 N–H and O–H groups in total. The van der Waals surface area contributed by atoms with Gasteiger partial charge >= 0.3 is 0 Å². The van der Waals surface area contributed by atoms with Crippen molar-refractivity contribution in [2.45, 2.75) is 40.0 Å². The maximum atomic E-state index is 12.4. The standard InChI is InChI=1S/C19H23N3O3S/c1-11-16(26-18(20-11)19(3,4)5)12(2)21-22-17(23)13-6-7-14-15(10-13)25-9-8-24-14/h6-7,10H,8-9H2,1-5H3,(H,22,23)/b21-12+. The predicted molar refractivity (Wildman–Crippen MR) is 103 cm³/mol. The first-order valence-corrected chi connectivity index (χ1v) is 9.30. The zero-order chi connectivity index (χ0) is 18.9. The fourth-order valence-electron chi connectivity index (χ4n) is 2.49. The number of hydrogen-bond donors (Lipinski definition) is 1. The van der Waals surface area contributed by atoms with Crippen LogP contribution in [0.3, 0.4) is 0 Å². The zero-order valence-electron chi connectivity index (χ0n) is 15.7. The van der Waals surface area contributed by atoms with Crippen molar-refractivity contribution < 1.29 is 14.3 Å². The number of benzene rings is 1. The molecule has 1 amide bonds. The van der Waals surface area contributed by atoms with Crippen LogP contribution in [0, 0.1) is 6.92 Å². The van der Waals surface area contributed by atoms with E-state index in [0.717, 1.165) is 21.3 Å². The fraction of sp³-hybridized carbons (Fsp3) is 0.421. The van der Waals surface area contributed by atoms with E-state index in [1.54, 1.807) is 29.5 Å². The summed E-state index contributed by atoms with van der Waals surface area (Å²) < 4.78 is 11.0. The molecule has 1 aliphatic rings. The van der Waals surface area contributed by atoms with E-state index in [1.165, 1.54) is 0 Å². The molecule has 26 heavy (non-hydrogen) atoms. The second kappa shape index (κ2) is 7.07. The Labute approximate surface area is 157 Å². The molecule has 0 atom stereocenters. The van der Waals surface area contributed by atoms with Crippen LogP contribution in [-0.2, 0) is 5.41 Å². The summed E-state index contributed by atoms with van der Waals surface area (Å²) in [6, 6.07) is 5.11. The van der Waals surface area contributed by atoms with Gasteiger partial charge in [0.15, 0.2) is 11.5 Å². The fourth-order valence-corrected chi connectivity index (χ4v) is 3.56. The van der Waals surface area contributed by atoms with Crippen LogP contribution in [0.15, 0.2) is 23.3 Å². The number of nitrogens with one attached hydrogen (secondary N) is 1. The number of nitrogens with zero attached hydrogens (tertiary/aromatic N) is 2. The molecule has 3 rings (SSSR count). The lowest BCUT2D eigenvalue weighted by Crippen LogP contribution is -2.20. The largest absolute Gasteiger partial charge is 0.486 e. The minimum atomic E-state index is -0.292. The lowest BCUT2D eigenvalue weighted by Gasteiger charge is -2.18. The SMILES string of the molecule is C/C(=N\NC(=O)c1ccc2c(c1)OCCO2)c1sc(C(C)(C)C)nc1C. The van der Waals surface area contributed by atoms with Gasteiger partial charge in [0.1, 0.15) is 13.2 Å². The summed E-state index contributed by atoms with van der Waals surface area (Å²) in [5, 5.41) is 5.31. The summed E-state index contributed by atoms with van der Waals surface area (Å²) in [6.07, 6.45) is 0. The lowest BCUT2D eigenvalue weighted by molar-refractivity contribution is 0.0953. The Balaban J connectivity index is 1.75. The number of hydrogen-bond acceptors (Lipinski definition) is 6. The van der Waals surface area contributed by atoms with E-state index in [1.807, 2.05) is 13.8 Å². The van der Waals surface area contributed by atoms with Crippen LogP contribution in [0.25, 0.3) is 0 Å². The first-order chi connectivity index (χ1) is 12.3. The molecule has 7 heteroatoms. The highest BCUT2D eigenvalue weighted by molar-refractivity contribution is 7.14. The Morgan fingerprint density at radius 2 is 1.92 bits per heavy atom. The summed E-state index contributed by atoms with van der Waals surface area (Å²) >= 11 is 1.61. The molecule has 0 radical (unpaired) electrons. The molecule has 138 valence electrons. The van der Waals surface area contributed by atoms with Crippen LogP contribution in [-0.4, -0.2) is 29.8 Å². The molecule has 0 aliphatic carbocycles. The summed E-state index contributed by atoms with van der Waals surface area (Å²) in [5.74, 6) is 0.944. The molecular formula is C19H23N3O3S. The smallest absolute Gasteiger partial charge is 0.271 e. The van der Waals surface area contributed by atoms with Crippen LogP contribution >= 0.6 is 11.3 Å². The van der Waals surface area contributed by atoms with E-state index in [2.05, 4.69) is 36.3 Å². The first kappa shape index (κ1) is 18.4. The Hall–Kier alpha value is -2.41. The van der Waals surface area contributed by atoms with Crippen molar-refractivity contribution in [2.75, 3.05) is 13.2 Å². The zero-order valence-corrected chi connectivity index (χ0v) is 16.5. The molecule has 6 nitrogen and oxygen atoms in total. The summed E-state index contributed by atoms with van der Waals surface area (Å²) in [6.45, 7) is 11.2. The van der Waals surface area contributed by atoms with Gasteiger partial charge in [-0.2, -0.15) is 5.10 Å². The van der Waals surface area contributed by atoms with Crippen LogP contribution in [0.4, 0.5) is 0 Å². The molecule has 0 saturated heterocycles. The lowest BCUT2D eigenvalue weighted by atomic mass is 9.98. The highest BCUT2D eigenvalue weighted by Crippen LogP contribution is 2.31. The normalized spacial score (nSPS) is 14.3. The number of rotatable bonds is 3. The number of fused-ring (bicyclic) bond motifs is 1. The Morgan fingerprint density at radius 1 is 1.23 bits per heavy atom. The first-order valence-electron chi connectivity index (χ1n) is 8.48. The molecule has 2 aromatic rings. The van der Waals surface area contributed by atoms with Gasteiger partial charge in [-0.25, -0.2) is 10.4 Å². The van der Waals surface area contributed by atoms with Crippen LogP contribution in [0.1, 0.15) is 53.6 Å². The molecule has 2 heterocycles. The number of carbonyl (C=O) groups excluding carboxylic acids is 1. The highest BCUT2D eigenvalue weighted by Gasteiger charge is 2.21. The van der Waals surface area contributed by atoms with E-state index in [0.29, 0.717) is 30.3 Å². The van der Waals surface area contributed by atoms with Crippen molar-refractivity contribution in [3.8, 4) is 11.5 Å². The van der Waals surface area contributed by atoms with Crippen molar-refractivity contribution in [1.82, 2.24) is 10.4 Å². The molecular weight excluding hydrogens is 350 g/mol. The molecule has 1 aliphatic heterocycles. The van der Waals surface area contributed by atoms with Gasteiger partial charge < -0.3 is 9.47 Å². The number of thiazole rings is 1. The Kier molecular flexibility index (Phi) is 5.00. The van der Waals surface area contributed by atoms with Crippen molar-refractivity contribution in [1.29, 1.82) is 0 Å². The molecule has 0 spiro atoms. The van der Waals surface area contributed by atoms with E-state index in [4.69, 9.17) is 9.47 Å². The van der Waals surface area contributed by atoms with Crippen LogP contribution in [0.2, 0.25) is 0 Å². The quantitative estimate of drug-likeness (QED) is 0.658.